The summed E-state index contributed by atoms with van der Waals surface area (Å²) in [6.45, 7) is 3.52. The van der Waals surface area contributed by atoms with E-state index in [1.165, 1.54) is 7.11 Å². The van der Waals surface area contributed by atoms with Gasteiger partial charge < -0.3 is 9.64 Å². The number of nitriles is 1. The fourth-order valence-corrected chi connectivity index (χ4v) is 2.55. The van der Waals surface area contributed by atoms with Gasteiger partial charge in [-0.05, 0) is 37.5 Å². The van der Waals surface area contributed by atoms with Gasteiger partial charge in [0.25, 0.3) is 0 Å². The molecule has 1 fully saturated rings. The zero-order chi connectivity index (χ0) is 13.8. The molecule has 0 amide bonds. The summed E-state index contributed by atoms with van der Waals surface area (Å²) in [6, 6.07) is 8.01. The van der Waals surface area contributed by atoms with Gasteiger partial charge >= 0.3 is 5.97 Å². The molecule has 0 radical (unpaired) electrons. The fraction of sp³-hybridized carbons (Fsp3) is 0.467. The zero-order valence-electron chi connectivity index (χ0n) is 11.3. The molecular formula is C15H18N2O2. The van der Waals surface area contributed by atoms with Gasteiger partial charge in [0.2, 0.25) is 0 Å². The molecule has 19 heavy (non-hydrogen) atoms. The van der Waals surface area contributed by atoms with E-state index in [4.69, 9.17) is 4.74 Å². The van der Waals surface area contributed by atoms with Gasteiger partial charge in [0.05, 0.1) is 24.3 Å². The number of methoxy groups -OCH3 is 1. The van der Waals surface area contributed by atoms with Gasteiger partial charge in [0.1, 0.15) is 6.07 Å². The minimum Gasteiger partial charge on any atom is -0.469 e. The monoisotopic (exact) mass is 258 g/mol. The first kappa shape index (κ1) is 13.4. The van der Waals surface area contributed by atoms with E-state index < -0.39 is 0 Å². The molecule has 0 N–H and O–H groups in total. The smallest absolute Gasteiger partial charge is 0.310 e. The van der Waals surface area contributed by atoms with Gasteiger partial charge in [-0.1, -0.05) is 6.07 Å². The number of ether oxygens (including phenoxy) is 1. The van der Waals surface area contributed by atoms with Crippen LogP contribution >= 0.6 is 0 Å². The lowest BCUT2D eigenvalue weighted by Crippen LogP contribution is -2.39. The third-order valence-corrected chi connectivity index (χ3v) is 3.57. The topological polar surface area (TPSA) is 53.3 Å². The normalized spacial score (nSPS) is 18.8. The molecule has 0 saturated carbocycles. The number of aryl methyl sites for hydroxylation is 1. The van der Waals surface area contributed by atoms with E-state index in [1.54, 1.807) is 0 Å². The van der Waals surface area contributed by atoms with Crippen LogP contribution in [0.5, 0.6) is 0 Å². The molecule has 1 saturated heterocycles. The summed E-state index contributed by atoms with van der Waals surface area (Å²) in [6.07, 6.45) is 1.80. The Labute approximate surface area is 113 Å². The van der Waals surface area contributed by atoms with Crippen molar-refractivity contribution in [3.8, 4) is 6.07 Å². The summed E-state index contributed by atoms with van der Waals surface area (Å²) >= 11 is 0. The maximum Gasteiger partial charge on any atom is 0.310 e. The molecule has 4 heteroatoms. The predicted octanol–water partition coefficient (Wildman–Crippen LogP) is 2.26. The minimum absolute atomic E-state index is 0.0918. The van der Waals surface area contributed by atoms with Crippen LogP contribution < -0.4 is 4.90 Å². The average molecular weight is 258 g/mol. The molecule has 0 bridgehead atoms. The van der Waals surface area contributed by atoms with E-state index in [-0.39, 0.29) is 11.9 Å². The molecule has 1 aromatic rings. The van der Waals surface area contributed by atoms with E-state index in [0.717, 1.165) is 30.6 Å². The van der Waals surface area contributed by atoms with Crippen molar-refractivity contribution in [2.45, 2.75) is 19.8 Å². The maximum absolute atomic E-state index is 11.7. The van der Waals surface area contributed by atoms with Crippen molar-refractivity contribution in [3.05, 3.63) is 29.3 Å². The van der Waals surface area contributed by atoms with Crippen LogP contribution in [0.25, 0.3) is 0 Å². The average Bonchev–Trinajstić information content (AvgIpc) is 2.46. The number of anilines is 1. The second-order valence-corrected chi connectivity index (χ2v) is 4.94. The van der Waals surface area contributed by atoms with Gasteiger partial charge in [-0.2, -0.15) is 5.26 Å². The molecule has 1 unspecified atom stereocenters. The van der Waals surface area contributed by atoms with E-state index in [9.17, 15) is 10.1 Å². The second-order valence-electron chi connectivity index (χ2n) is 4.94. The number of nitrogens with zero attached hydrogens (tertiary/aromatic N) is 2. The summed E-state index contributed by atoms with van der Waals surface area (Å²) < 4.78 is 4.82. The first-order valence-corrected chi connectivity index (χ1v) is 6.49. The zero-order valence-corrected chi connectivity index (χ0v) is 11.3. The third kappa shape index (κ3) is 2.87. The molecule has 1 aliphatic rings. The summed E-state index contributed by atoms with van der Waals surface area (Å²) in [4.78, 5) is 13.8. The maximum atomic E-state index is 11.7. The highest BCUT2D eigenvalue weighted by Gasteiger charge is 2.27. The Morgan fingerprint density at radius 1 is 1.53 bits per heavy atom. The van der Waals surface area contributed by atoms with Crippen LogP contribution in [-0.2, 0) is 9.53 Å². The van der Waals surface area contributed by atoms with Crippen molar-refractivity contribution in [2.24, 2.45) is 5.92 Å². The molecule has 1 aliphatic heterocycles. The Morgan fingerprint density at radius 2 is 2.32 bits per heavy atom. The Morgan fingerprint density at radius 3 is 3.00 bits per heavy atom. The largest absolute Gasteiger partial charge is 0.469 e. The number of esters is 1. The number of rotatable bonds is 2. The van der Waals surface area contributed by atoms with E-state index in [0.29, 0.717) is 12.1 Å². The molecule has 2 rings (SSSR count). The second kappa shape index (κ2) is 5.75. The standard InChI is InChI=1S/C15H18N2O2/c1-11-5-6-12(9-16)14(8-11)17-7-3-4-13(10-17)15(18)19-2/h5-6,8,13H,3-4,7,10H2,1-2H3. The van der Waals surface area contributed by atoms with Crippen LogP contribution in [-0.4, -0.2) is 26.2 Å². The summed E-state index contributed by atoms with van der Waals surface area (Å²) in [7, 11) is 1.43. The molecule has 1 heterocycles. The lowest BCUT2D eigenvalue weighted by Gasteiger charge is -2.33. The Balaban J connectivity index is 2.24. The summed E-state index contributed by atoms with van der Waals surface area (Å²) in [5.41, 5.74) is 2.71. The molecule has 0 aromatic heterocycles. The third-order valence-electron chi connectivity index (χ3n) is 3.57. The quantitative estimate of drug-likeness (QED) is 0.763. The van der Waals surface area contributed by atoms with Crippen molar-refractivity contribution in [3.63, 3.8) is 0 Å². The van der Waals surface area contributed by atoms with Crippen molar-refractivity contribution < 1.29 is 9.53 Å². The fourth-order valence-electron chi connectivity index (χ4n) is 2.55. The van der Waals surface area contributed by atoms with E-state index in [1.807, 2.05) is 25.1 Å². The minimum atomic E-state index is -0.157. The molecule has 0 spiro atoms. The molecular weight excluding hydrogens is 240 g/mol. The number of piperidine rings is 1. The van der Waals surface area contributed by atoms with E-state index in [2.05, 4.69) is 11.0 Å². The Hall–Kier alpha value is -2.02. The lowest BCUT2D eigenvalue weighted by atomic mass is 9.96. The Kier molecular flexibility index (Phi) is 4.06. The van der Waals surface area contributed by atoms with Crippen LogP contribution in [0.3, 0.4) is 0 Å². The van der Waals surface area contributed by atoms with Crippen molar-refractivity contribution in [2.75, 3.05) is 25.1 Å². The van der Waals surface area contributed by atoms with Crippen molar-refractivity contribution in [1.82, 2.24) is 0 Å². The van der Waals surface area contributed by atoms with Crippen LogP contribution in [0.4, 0.5) is 5.69 Å². The number of carbonyl (C=O) groups is 1. The van der Waals surface area contributed by atoms with E-state index >= 15 is 0 Å². The van der Waals surface area contributed by atoms with Crippen LogP contribution in [0.2, 0.25) is 0 Å². The molecule has 1 aromatic carbocycles. The summed E-state index contributed by atoms with van der Waals surface area (Å²) in [5, 5.41) is 9.19. The predicted molar refractivity (Wildman–Crippen MR) is 72.8 cm³/mol. The number of benzene rings is 1. The highest BCUT2D eigenvalue weighted by molar-refractivity contribution is 5.74. The van der Waals surface area contributed by atoms with Gasteiger partial charge in [-0.25, -0.2) is 0 Å². The number of carbonyl (C=O) groups excluding carboxylic acids is 1. The van der Waals surface area contributed by atoms with Gasteiger partial charge in [-0.15, -0.1) is 0 Å². The van der Waals surface area contributed by atoms with Gasteiger partial charge in [-0.3, -0.25) is 4.79 Å². The molecule has 0 aliphatic carbocycles. The van der Waals surface area contributed by atoms with Crippen molar-refractivity contribution >= 4 is 11.7 Å². The molecule has 4 nitrogen and oxygen atoms in total. The van der Waals surface area contributed by atoms with Crippen LogP contribution in [0.15, 0.2) is 18.2 Å². The SMILES string of the molecule is COC(=O)C1CCCN(c2cc(C)ccc2C#N)C1. The van der Waals surface area contributed by atoms with Gasteiger partial charge in [0, 0.05) is 13.1 Å². The molecule has 1 atom stereocenters. The van der Waals surface area contributed by atoms with Crippen molar-refractivity contribution in [1.29, 1.82) is 5.26 Å². The van der Waals surface area contributed by atoms with Gasteiger partial charge in [0.15, 0.2) is 0 Å². The first-order valence-electron chi connectivity index (χ1n) is 6.49. The van der Waals surface area contributed by atoms with Crippen LogP contribution in [0, 0.1) is 24.2 Å². The Bertz CT molecular complexity index is 519. The number of hydrogen-bond acceptors (Lipinski definition) is 4. The first-order chi connectivity index (χ1) is 9.15. The number of hydrogen-bond donors (Lipinski definition) is 0. The highest BCUT2D eigenvalue weighted by atomic mass is 16.5. The molecule has 100 valence electrons. The summed E-state index contributed by atoms with van der Waals surface area (Å²) in [5.74, 6) is -0.248. The highest BCUT2D eigenvalue weighted by Crippen LogP contribution is 2.27. The lowest BCUT2D eigenvalue weighted by molar-refractivity contribution is -0.145. The van der Waals surface area contributed by atoms with Crippen LogP contribution in [0.1, 0.15) is 24.0 Å².